The molecule has 0 aliphatic carbocycles. The molecule has 8 heteroatoms. The van der Waals surface area contributed by atoms with Crippen LogP contribution in [0.3, 0.4) is 0 Å². The first-order valence-electron chi connectivity index (χ1n) is 34.2. The summed E-state index contributed by atoms with van der Waals surface area (Å²) in [5.74, 6) is 9.47. The van der Waals surface area contributed by atoms with Crippen molar-refractivity contribution < 1.29 is 0 Å². The van der Waals surface area contributed by atoms with Gasteiger partial charge in [-0.2, -0.15) is 0 Å². The van der Waals surface area contributed by atoms with Gasteiger partial charge in [-0.15, -0.1) is 94.1 Å². The van der Waals surface area contributed by atoms with Gasteiger partial charge in [0.2, 0.25) is 0 Å². The molecule has 0 aliphatic rings. The SMILES string of the molecule is CCCCCCCCSc1ccc(-c2ccc(SCC)cc2)cc1.CCCCCCCSc1ccc(-c2ccc(SCC)cc2)cc1.CCCCCCSc1ccc(-c2ccc(SCC)cc2)cc1.CCCCCSc1ccc(-c2ccc(SCC)cc2)cc1. The molecule has 0 spiro atoms. The summed E-state index contributed by atoms with van der Waals surface area (Å²) in [5.41, 5.74) is 10.5. The van der Waals surface area contributed by atoms with Crippen LogP contribution >= 0.6 is 94.1 Å². The van der Waals surface area contributed by atoms with Gasteiger partial charge >= 0.3 is 0 Å². The van der Waals surface area contributed by atoms with E-state index in [-0.39, 0.29) is 0 Å². The summed E-state index contributed by atoms with van der Waals surface area (Å²) in [6, 6.07) is 71.7. The van der Waals surface area contributed by atoms with Crippen molar-refractivity contribution in [2.75, 3.05) is 46.0 Å². The van der Waals surface area contributed by atoms with Crippen molar-refractivity contribution in [3.8, 4) is 44.5 Å². The van der Waals surface area contributed by atoms with E-state index in [9.17, 15) is 0 Å². The highest BCUT2D eigenvalue weighted by Gasteiger charge is 2.06. The molecule has 484 valence electrons. The molecule has 0 aromatic heterocycles. The van der Waals surface area contributed by atoms with Crippen LogP contribution in [0.4, 0.5) is 0 Å². The van der Waals surface area contributed by atoms with Gasteiger partial charge < -0.3 is 0 Å². The topological polar surface area (TPSA) is 0 Å². The molecule has 8 aromatic carbocycles. The highest BCUT2D eigenvalue weighted by atomic mass is 32.2. The van der Waals surface area contributed by atoms with Crippen LogP contribution in [0.2, 0.25) is 0 Å². The molecule has 8 aromatic rings. The van der Waals surface area contributed by atoms with Gasteiger partial charge in [0.1, 0.15) is 0 Å². The highest BCUT2D eigenvalue weighted by molar-refractivity contribution is 8.00. The molecule has 0 amide bonds. The van der Waals surface area contributed by atoms with E-state index >= 15 is 0 Å². The summed E-state index contributed by atoms with van der Waals surface area (Å²) in [6.45, 7) is 17.8. The fourth-order valence-electron chi connectivity index (χ4n) is 9.84. The third-order valence-corrected chi connectivity index (χ3v) is 22.9. The lowest BCUT2D eigenvalue weighted by Crippen LogP contribution is -1.83. The van der Waals surface area contributed by atoms with Crippen LogP contribution in [0.5, 0.6) is 0 Å². The van der Waals surface area contributed by atoms with Crippen molar-refractivity contribution in [3.63, 3.8) is 0 Å². The Kier molecular flexibility index (Phi) is 43.0. The molecule has 0 aliphatic heterocycles. The van der Waals surface area contributed by atoms with Crippen LogP contribution in [0, 0.1) is 0 Å². The zero-order valence-corrected chi connectivity index (χ0v) is 62.7. The first-order valence-corrected chi connectivity index (χ1v) is 42.1. The summed E-state index contributed by atoms with van der Waals surface area (Å²) in [6.07, 6.45) is 24.4. The maximum atomic E-state index is 2.28. The minimum atomic E-state index is 1.13. The molecule has 0 fully saturated rings. The second kappa shape index (κ2) is 50.1. The number of rotatable bonds is 38. The quantitative estimate of drug-likeness (QED) is 0.0274. The molecule has 8 rings (SSSR count). The first kappa shape index (κ1) is 77.3. The van der Waals surface area contributed by atoms with E-state index in [2.05, 4.69) is 250 Å². The van der Waals surface area contributed by atoms with E-state index in [0.29, 0.717) is 0 Å². The average Bonchev–Trinajstić information content (AvgIpc) is 2.05. The summed E-state index contributed by atoms with van der Waals surface area (Å²) in [4.78, 5) is 11.0. The molecule has 0 nitrogen and oxygen atoms in total. The third-order valence-electron chi connectivity index (χ3n) is 15.0. The second-order valence-corrected chi connectivity index (χ2v) is 32.3. The van der Waals surface area contributed by atoms with Gasteiger partial charge in [0.05, 0.1) is 0 Å². The van der Waals surface area contributed by atoms with E-state index in [4.69, 9.17) is 0 Å². The van der Waals surface area contributed by atoms with Crippen molar-refractivity contribution in [1.29, 1.82) is 0 Å². The van der Waals surface area contributed by atoms with Crippen LogP contribution < -0.4 is 0 Å². The normalized spacial score (nSPS) is 10.8. The van der Waals surface area contributed by atoms with Crippen LogP contribution in [0.15, 0.2) is 233 Å². The minimum absolute atomic E-state index is 1.13. The molecule has 0 N–H and O–H groups in total. The van der Waals surface area contributed by atoms with Crippen LogP contribution in [0.1, 0.15) is 171 Å². The largest absolute Gasteiger partial charge is 0.126 e. The molecule has 0 unspecified atom stereocenters. The average molecular weight is 1350 g/mol. The monoisotopic (exact) mass is 1350 g/mol. The second-order valence-electron chi connectivity index (χ2n) is 22.3. The molecular formula is C82H108S8. The van der Waals surface area contributed by atoms with E-state index in [0.717, 1.165) is 23.0 Å². The molecule has 0 bridgehead atoms. The van der Waals surface area contributed by atoms with Gasteiger partial charge in [-0.25, -0.2) is 0 Å². The Balaban J connectivity index is 0.000000218. The summed E-state index contributed by atoms with van der Waals surface area (Å²) in [7, 11) is 0. The molecule has 90 heavy (non-hydrogen) atoms. The minimum Gasteiger partial charge on any atom is -0.126 e. The molecule has 0 saturated heterocycles. The Hall–Kier alpha value is -3.44. The highest BCUT2D eigenvalue weighted by Crippen LogP contribution is 2.32. The summed E-state index contributed by atoms with van der Waals surface area (Å²) < 4.78 is 0. The predicted molar refractivity (Wildman–Crippen MR) is 422 cm³/mol. The number of hydrogen-bond donors (Lipinski definition) is 0. The third kappa shape index (κ3) is 32.6. The van der Waals surface area contributed by atoms with Crippen molar-refractivity contribution >= 4 is 94.1 Å². The predicted octanol–water partition coefficient (Wildman–Crippen LogP) is 29.3. The lowest BCUT2D eigenvalue weighted by molar-refractivity contribution is 0.627. The molecular weight excluding hydrogens is 1240 g/mol. The maximum Gasteiger partial charge on any atom is 0.00723 e. The summed E-state index contributed by atoms with van der Waals surface area (Å²) in [5, 5.41) is 0. The van der Waals surface area contributed by atoms with Crippen molar-refractivity contribution in [2.45, 2.75) is 210 Å². The number of benzene rings is 8. The van der Waals surface area contributed by atoms with Crippen LogP contribution in [0.25, 0.3) is 44.5 Å². The van der Waals surface area contributed by atoms with E-state index < -0.39 is 0 Å². The van der Waals surface area contributed by atoms with Gasteiger partial charge in [-0.05, 0) is 213 Å². The van der Waals surface area contributed by atoms with Gasteiger partial charge in [0, 0.05) is 39.2 Å². The Morgan fingerprint density at radius 1 is 0.156 bits per heavy atom. The van der Waals surface area contributed by atoms with Gasteiger partial charge in [-0.1, -0.05) is 242 Å². The van der Waals surface area contributed by atoms with E-state index in [1.165, 1.54) is 222 Å². The van der Waals surface area contributed by atoms with Crippen LogP contribution in [-0.4, -0.2) is 46.0 Å². The van der Waals surface area contributed by atoms with Gasteiger partial charge in [0.15, 0.2) is 0 Å². The smallest absolute Gasteiger partial charge is 0.00723 e. The number of hydrogen-bond acceptors (Lipinski definition) is 8. The number of unbranched alkanes of at least 4 members (excludes halogenated alkanes) is 14. The Morgan fingerprint density at radius 2 is 0.289 bits per heavy atom. The lowest BCUT2D eigenvalue weighted by Gasteiger charge is -2.06. The Labute approximate surface area is 583 Å². The zero-order chi connectivity index (χ0) is 63.9. The van der Waals surface area contributed by atoms with Gasteiger partial charge in [-0.3, -0.25) is 0 Å². The summed E-state index contributed by atoms with van der Waals surface area (Å²) >= 11 is 15.5. The van der Waals surface area contributed by atoms with Crippen molar-refractivity contribution in [2.24, 2.45) is 0 Å². The molecule has 0 saturated carbocycles. The lowest BCUT2D eigenvalue weighted by atomic mass is 10.1. The molecule has 0 atom stereocenters. The van der Waals surface area contributed by atoms with E-state index in [1.807, 2.05) is 94.1 Å². The maximum absolute atomic E-state index is 2.28. The van der Waals surface area contributed by atoms with Crippen LogP contribution in [-0.2, 0) is 0 Å². The van der Waals surface area contributed by atoms with Gasteiger partial charge in [0.25, 0.3) is 0 Å². The Bertz CT molecular complexity index is 2980. The van der Waals surface area contributed by atoms with Crippen molar-refractivity contribution in [3.05, 3.63) is 194 Å². The Morgan fingerprint density at radius 3 is 0.467 bits per heavy atom. The van der Waals surface area contributed by atoms with E-state index in [1.54, 1.807) is 0 Å². The standard InChI is InChI=1S/C22H30S2.C21H28S2.C20H26S2.C19H24S2/c1-3-5-6-7-8-9-18-24-22-16-12-20(13-17-22)19-10-14-21(15-11-19)23-4-2;1-3-5-6-7-8-17-23-21-15-11-19(12-16-21)18-9-13-20(14-10-18)22-4-2;1-3-5-6-7-16-22-20-14-10-18(11-15-20)17-8-12-19(13-9-17)21-4-2;1-3-5-6-15-21-19-13-9-17(10-14-19)16-7-11-18(12-8-16)20-4-2/h10-17H,3-9,18H2,1-2H3;9-16H,3-8,17H2,1-2H3;8-15H,3-7,16H2,1-2H3;7-14H,3-6,15H2,1-2H3. The number of thioether (sulfide) groups is 8. The molecule has 0 heterocycles. The fourth-order valence-corrected chi connectivity index (χ4v) is 16.1. The first-order chi connectivity index (χ1) is 44.3. The zero-order valence-electron chi connectivity index (χ0n) is 56.1. The van der Waals surface area contributed by atoms with Crippen molar-refractivity contribution in [1.82, 2.24) is 0 Å². The molecule has 0 radical (unpaired) electrons. The fraction of sp³-hybridized carbons (Fsp3) is 0.415.